The standard InChI is InChI=1S/C24H29N5O4S2/c30-22(29(16-19-7-4-12-34-19)17-20-8-5-13-35-20)21(9-1-2-11-26-24(32)33)28-23(31)27-15-18-6-3-10-25-14-18/h3-8,10,12-14,21,26H,1-2,9,11,15-17H2,(H,32,33)(H2,27,28,31)/t21-/m0/s1. The Morgan fingerprint density at radius 1 is 0.971 bits per heavy atom. The quantitative estimate of drug-likeness (QED) is 0.256. The molecule has 0 aliphatic carbocycles. The lowest BCUT2D eigenvalue weighted by Crippen LogP contribution is -2.50. The van der Waals surface area contributed by atoms with Crippen LogP contribution in [0.25, 0.3) is 0 Å². The smallest absolute Gasteiger partial charge is 0.404 e. The second kappa shape index (κ2) is 14.1. The van der Waals surface area contributed by atoms with Gasteiger partial charge in [-0.25, -0.2) is 9.59 Å². The van der Waals surface area contributed by atoms with Gasteiger partial charge < -0.3 is 26.0 Å². The Morgan fingerprint density at radius 2 is 1.69 bits per heavy atom. The highest BCUT2D eigenvalue weighted by Crippen LogP contribution is 2.19. The van der Waals surface area contributed by atoms with Gasteiger partial charge in [0, 0.05) is 35.2 Å². The fourth-order valence-electron chi connectivity index (χ4n) is 3.43. The Labute approximate surface area is 212 Å². The van der Waals surface area contributed by atoms with Crippen molar-refractivity contribution < 1.29 is 19.5 Å². The van der Waals surface area contributed by atoms with Gasteiger partial charge in [0.15, 0.2) is 0 Å². The molecule has 0 spiro atoms. The SMILES string of the molecule is O=C(O)NCCCC[C@H](NC(=O)NCc1cccnc1)C(=O)N(Cc1cccs1)Cc1cccs1. The Hall–Kier alpha value is -3.44. The number of hydrogen-bond donors (Lipinski definition) is 4. The fourth-order valence-corrected chi connectivity index (χ4v) is 4.87. The lowest BCUT2D eigenvalue weighted by molar-refractivity contribution is -0.134. The second-order valence-electron chi connectivity index (χ2n) is 7.82. The van der Waals surface area contributed by atoms with Crippen molar-refractivity contribution in [2.75, 3.05) is 6.54 Å². The molecule has 4 amide bonds. The normalized spacial score (nSPS) is 11.4. The lowest BCUT2D eigenvalue weighted by Gasteiger charge is -2.27. The maximum absolute atomic E-state index is 13.7. The van der Waals surface area contributed by atoms with Crippen molar-refractivity contribution in [1.29, 1.82) is 0 Å². The molecular weight excluding hydrogens is 486 g/mol. The van der Waals surface area contributed by atoms with E-state index in [1.165, 1.54) is 0 Å². The van der Waals surface area contributed by atoms with Gasteiger partial charge in [-0.15, -0.1) is 22.7 Å². The number of carbonyl (C=O) groups excluding carboxylic acids is 2. The third-order valence-corrected chi connectivity index (χ3v) is 6.86. The molecule has 0 aliphatic heterocycles. The minimum absolute atomic E-state index is 0.172. The number of carbonyl (C=O) groups is 3. The third kappa shape index (κ3) is 9.38. The number of unbranched alkanes of at least 4 members (excludes halogenated alkanes) is 1. The van der Waals surface area contributed by atoms with Crippen LogP contribution in [0.15, 0.2) is 59.6 Å². The molecule has 1 atom stereocenters. The zero-order valence-corrected chi connectivity index (χ0v) is 20.8. The van der Waals surface area contributed by atoms with Crippen LogP contribution in [0.2, 0.25) is 0 Å². The number of nitrogens with one attached hydrogen (secondary N) is 3. The highest BCUT2D eigenvalue weighted by atomic mass is 32.1. The molecule has 3 rings (SSSR count). The number of nitrogens with zero attached hydrogens (tertiary/aromatic N) is 2. The Kier molecular flexibility index (Phi) is 10.5. The molecular formula is C24H29N5O4S2. The van der Waals surface area contributed by atoms with Crippen molar-refractivity contribution in [3.05, 3.63) is 74.9 Å². The summed E-state index contributed by atoms with van der Waals surface area (Å²) in [6.45, 7) is 1.48. The number of pyridine rings is 1. The zero-order valence-electron chi connectivity index (χ0n) is 19.2. The zero-order chi connectivity index (χ0) is 24.9. The molecule has 35 heavy (non-hydrogen) atoms. The summed E-state index contributed by atoms with van der Waals surface area (Å²) in [5, 5.41) is 20.7. The first-order chi connectivity index (χ1) is 17.0. The molecule has 3 heterocycles. The molecule has 3 aromatic heterocycles. The van der Waals surface area contributed by atoms with Gasteiger partial charge in [-0.05, 0) is 53.8 Å². The van der Waals surface area contributed by atoms with E-state index in [-0.39, 0.29) is 19.0 Å². The van der Waals surface area contributed by atoms with Gasteiger partial charge in [-0.1, -0.05) is 18.2 Å². The maximum atomic E-state index is 13.7. The van der Waals surface area contributed by atoms with Crippen LogP contribution in [-0.2, 0) is 24.4 Å². The van der Waals surface area contributed by atoms with E-state index in [0.717, 1.165) is 15.3 Å². The van der Waals surface area contributed by atoms with E-state index in [4.69, 9.17) is 5.11 Å². The van der Waals surface area contributed by atoms with Crippen LogP contribution in [0.3, 0.4) is 0 Å². The molecule has 186 valence electrons. The van der Waals surface area contributed by atoms with Crippen LogP contribution < -0.4 is 16.0 Å². The van der Waals surface area contributed by atoms with Crippen LogP contribution in [0, 0.1) is 0 Å². The van der Waals surface area contributed by atoms with Gasteiger partial charge in [0.2, 0.25) is 5.91 Å². The Balaban J connectivity index is 1.67. The van der Waals surface area contributed by atoms with Gasteiger partial charge in [0.1, 0.15) is 6.04 Å². The van der Waals surface area contributed by atoms with E-state index in [2.05, 4.69) is 20.9 Å². The van der Waals surface area contributed by atoms with Gasteiger partial charge in [-0.2, -0.15) is 0 Å². The van der Waals surface area contributed by atoms with Crippen molar-refractivity contribution >= 4 is 40.7 Å². The van der Waals surface area contributed by atoms with E-state index in [1.807, 2.05) is 41.1 Å². The summed E-state index contributed by atoms with van der Waals surface area (Å²) < 4.78 is 0. The Bertz CT molecular complexity index is 1010. The molecule has 0 bridgehead atoms. The molecule has 0 fully saturated rings. The molecule has 4 N–H and O–H groups in total. The van der Waals surface area contributed by atoms with E-state index < -0.39 is 18.2 Å². The topological polar surface area (TPSA) is 124 Å². The van der Waals surface area contributed by atoms with E-state index in [9.17, 15) is 14.4 Å². The molecule has 0 unspecified atom stereocenters. The average Bonchev–Trinajstić information content (AvgIpc) is 3.56. The highest BCUT2D eigenvalue weighted by molar-refractivity contribution is 7.10. The van der Waals surface area contributed by atoms with Crippen LogP contribution in [0.1, 0.15) is 34.6 Å². The van der Waals surface area contributed by atoms with Crippen molar-refractivity contribution in [3.8, 4) is 0 Å². The third-order valence-electron chi connectivity index (χ3n) is 5.14. The van der Waals surface area contributed by atoms with Gasteiger partial charge in [-0.3, -0.25) is 9.78 Å². The molecule has 0 saturated carbocycles. The summed E-state index contributed by atoms with van der Waals surface area (Å²) in [4.78, 5) is 44.9. The lowest BCUT2D eigenvalue weighted by atomic mass is 10.1. The highest BCUT2D eigenvalue weighted by Gasteiger charge is 2.26. The molecule has 0 aliphatic rings. The van der Waals surface area contributed by atoms with Crippen LogP contribution in [0.4, 0.5) is 9.59 Å². The summed E-state index contributed by atoms with van der Waals surface area (Å²) in [7, 11) is 0. The number of urea groups is 1. The number of aromatic nitrogens is 1. The summed E-state index contributed by atoms with van der Waals surface area (Å²) >= 11 is 3.16. The summed E-state index contributed by atoms with van der Waals surface area (Å²) in [6.07, 6.45) is 3.78. The first kappa shape index (κ1) is 26.2. The van der Waals surface area contributed by atoms with Crippen LogP contribution >= 0.6 is 22.7 Å². The van der Waals surface area contributed by atoms with Gasteiger partial charge in [0.25, 0.3) is 0 Å². The van der Waals surface area contributed by atoms with Crippen molar-refractivity contribution in [2.24, 2.45) is 0 Å². The summed E-state index contributed by atoms with van der Waals surface area (Å²) in [5.74, 6) is -0.172. The van der Waals surface area contributed by atoms with Gasteiger partial charge in [0.05, 0.1) is 13.1 Å². The minimum atomic E-state index is -1.08. The molecule has 0 saturated heterocycles. The van der Waals surface area contributed by atoms with E-state index in [0.29, 0.717) is 32.4 Å². The molecule has 0 aromatic carbocycles. The predicted molar refractivity (Wildman–Crippen MR) is 136 cm³/mol. The largest absolute Gasteiger partial charge is 0.465 e. The maximum Gasteiger partial charge on any atom is 0.404 e. The summed E-state index contributed by atoms with van der Waals surface area (Å²) in [6, 6.07) is 10.3. The van der Waals surface area contributed by atoms with Crippen molar-refractivity contribution in [1.82, 2.24) is 25.8 Å². The van der Waals surface area contributed by atoms with Gasteiger partial charge >= 0.3 is 12.1 Å². The van der Waals surface area contributed by atoms with Crippen molar-refractivity contribution in [3.63, 3.8) is 0 Å². The van der Waals surface area contributed by atoms with E-state index in [1.54, 1.807) is 46.0 Å². The number of amides is 4. The van der Waals surface area contributed by atoms with Crippen LogP contribution in [-0.4, -0.2) is 45.6 Å². The minimum Gasteiger partial charge on any atom is -0.465 e. The Morgan fingerprint density at radius 3 is 2.26 bits per heavy atom. The fraction of sp³-hybridized carbons (Fsp3) is 0.333. The molecule has 3 aromatic rings. The first-order valence-corrected chi connectivity index (χ1v) is 13.0. The molecule has 0 radical (unpaired) electrons. The monoisotopic (exact) mass is 515 g/mol. The second-order valence-corrected chi connectivity index (χ2v) is 9.89. The number of carboxylic acid groups (broad SMARTS) is 1. The van der Waals surface area contributed by atoms with E-state index >= 15 is 0 Å². The first-order valence-electron chi connectivity index (χ1n) is 11.2. The summed E-state index contributed by atoms with van der Waals surface area (Å²) in [5.41, 5.74) is 0.849. The molecule has 11 heteroatoms. The number of hydrogen-bond acceptors (Lipinski definition) is 6. The molecule has 9 nitrogen and oxygen atoms in total. The predicted octanol–water partition coefficient (Wildman–Crippen LogP) is 4.04. The number of rotatable bonds is 13. The average molecular weight is 516 g/mol. The number of thiophene rings is 2. The van der Waals surface area contributed by atoms with Crippen molar-refractivity contribution in [2.45, 2.75) is 44.9 Å². The van der Waals surface area contributed by atoms with Crippen LogP contribution in [0.5, 0.6) is 0 Å².